The van der Waals surface area contributed by atoms with Gasteiger partial charge in [-0.25, -0.2) is 4.79 Å². The van der Waals surface area contributed by atoms with Gasteiger partial charge < -0.3 is 15.0 Å². The molecule has 28 heavy (non-hydrogen) atoms. The number of aromatic amines is 1. The van der Waals surface area contributed by atoms with Gasteiger partial charge in [0, 0.05) is 30.8 Å². The van der Waals surface area contributed by atoms with Gasteiger partial charge in [0.15, 0.2) is 0 Å². The first-order valence-corrected chi connectivity index (χ1v) is 9.42. The lowest BCUT2D eigenvalue weighted by molar-refractivity contribution is -0.125. The van der Waals surface area contributed by atoms with Crippen molar-refractivity contribution in [3.05, 3.63) is 82.5 Å². The highest BCUT2D eigenvalue weighted by molar-refractivity contribution is 5.99. The number of imidazole rings is 1. The average molecular weight is 377 g/mol. The maximum atomic E-state index is 13.4. The lowest BCUT2D eigenvalue weighted by Gasteiger charge is -2.36. The molecule has 2 heterocycles. The van der Waals surface area contributed by atoms with Crippen LogP contribution in [0.15, 0.2) is 65.6 Å². The van der Waals surface area contributed by atoms with Crippen LogP contribution >= 0.6 is 0 Å². The van der Waals surface area contributed by atoms with Crippen LogP contribution in [-0.4, -0.2) is 28.7 Å². The molecule has 1 amide bonds. The lowest BCUT2D eigenvalue weighted by Crippen LogP contribution is -2.44. The largest absolute Gasteiger partial charge is 0.381 e. The topological polar surface area (TPSA) is 76.1 Å². The molecule has 2 N–H and O–H groups in total. The quantitative estimate of drug-likeness (QED) is 0.733. The van der Waals surface area contributed by atoms with Gasteiger partial charge in [-0.1, -0.05) is 36.4 Å². The smallest absolute Gasteiger partial charge is 0.330 e. The second kappa shape index (κ2) is 7.48. The number of H-pyrrole nitrogens is 1. The van der Waals surface area contributed by atoms with E-state index in [4.69, 9.17) is 4.74 Å². The number of aryl methyl sites for hydroxylation is 1. The number of nitrogens with one attached hydrogen (secondary N) is 2. The Hall–Kier alpha value is -3.12. The molecule has 4 rings (SSSR count). The van der Waals surface area contributed by atoms with Crippen molar-refractivity contribution >= 4 is 11.6 Å². The number of carbonyl (C=O) groups excluding carboxylic acids is 1. The number of amides is 1. The first kappa shape index (κ1) is 18.3. The minimum atomic E-state index is -0.615. The maximum absolute atomic E-state index is 13.4. The molecule has 144 valence electrons. The van der Waals surface area contributed by atoms with Gasteiger partial charge >= 0.3 is 5.69 Å². The van der Waals surface area contributed by atoms with Crippen molar-refractivity contribution in [2.45, 2.75) is 25.2 Å². The Bertz CT molecular complexity index is 1030. The number of aromatic nitrogens is 2. The summed E-state index contributed by atoms with van der Waals surface area (Å²) in [5, 5.41) is 3.07. The van der Waals surface area contributed by atoms with Crippen molar-refractivity contribution in [2.75, 3.05) is 18.5 Å². The van der Waals surface area contributed by atoms with Crippen LogP contribution in [0.3, 0.4) is 0 Å². The first-order chi connectivity index (χ1) is 13.6. The number of hydrogen-bond acceptors (Lipinski definition) is 3. The molecule has 1 saturated heterocycles. The third-order valence-corrected chi connectivity index (χ3v) is 5.43. The van der Waals surface area contributed by atoms with Crippen LogP contribution in [0.1, 0.15) is 24.1 Å². The number of rotatable bonds is 4. The van der Waals surface area contributed by atoms with Gasteiger partial charge in [-0.2, -0.15) is 0 Å². The van der Waals surface area contributed by atoms with Crippen molar-refractivity contribution in [2.24, 2.45) is 0 Å². The van der Waals surface area contributed by atoms with Crippen molar-refractivity contribution in [3.63, 3.8) is 0 Å². The standard InChI is InChI=1S/C22H23N3O3/c1-16-15-23-21(27)25(16)19-9-5-8-18(14-19)24-20(26)22(10-12-28-13-11-22)17-6-3-2-4-7-17/h2-9,14-15H,10-13H2,1H3,(H,23,27)(H,24,26). The summed E-state index contributed by atoms with van der Waals surface area (Å²) in [6.45, 7) is 2.97. The molecule has 1 aliphatic heterocycles. The number of hydrogen-bond donors (Lipinski definition) is 2. The summed E-state index contributed by atoms with van der Waals surface area (Å²) >= 11 is 0. The van der Waals surface area contributed by atoms with E-state index in [0.717, 1.165) is 11.3 Å². The molecule has 3 aromatic rings. The summed E-state index contributed by atoms with van der Waals surface area (Å²) in [6, 6.07) is 17.2. The van der Waals surface area contributed by atoms with Gasteiger partial charge in [-0.15, -0.1) is 0 Å². The van der Waals surface area contributed by atoms with E-state index in [9.17, 15) is 9.59 Å². The first-order valence-electron chi connectivity index (χ1n) is 9.42. The third-order valence-electron chi connectivity index (χ3n) is 5.43. The highest BCUT2D eigenvalue weighted by Crippen LogP contribution is 2.36. The molecule has 1 aliphatic rings. The Morgan fingerprint density at radius 3 is 2.54 bits per heavy atom. The summed E-state index contributed by atoms with van der Waals surface area (Å²) < 4.78 is 7.10. The monoisotopic (exact) mass is 377 g/mol. The highest BCUT2D eigenvalue weighted by atomic mass is 16.5. The summed E-state index contributed by atoms with van der Waals surface area (Å²) in [5.41, 5.74) is 2.37. The second-order valence-electron chi connectivity index (χ2n) is 7.14. The van der Waals surface area contributed by atoms with Gasteiger partial charge in [0.2, 0.25) is 5.91 Å². The Kier molecular flexibility index (Phi) is 4.88. The van der Waals surface area contributed by atoms with E-state index >= 15 is 0 Å². The van der Waals surface area contributed by atoms with Gasteiger partial charge in [-0.05, 0) is 43.5 Å². The fraction of sp³-hybridized carbons (Fsp3) is 0.273. The number of anilines is 1. The van der Waals surface area contributed by atoms with Crippen LogP contribution < -0.4 is 11.0 Å². The minimum absolute atomic E-state index is 0.0442. The van der Waals surface area contributed by atoms with Gasteiger partial charge in [0.1, 0.15) is 0 Å². The SMILES string of the molecule is Cc1c[nH]c(=O)n1-c1cccc(NC(=O)C2(c3ccccc3)CCOCC2)c1. The van der Waals surface area contributed by atoms with Crippen LogP contribution in [0.5, 0.6) is 0 Å². The van der Waals surface area contributed by atoms with Gasteiger partial charge in [-0.3, -0.25) is 9.36 Å². The maximum Gasteiger partial charge on any atom is 0.330 e. The zero-order valence-corrected chi connectivity index (χ0v) is 15.8. The van der Waals surface area contributed by atoms with Crippen LogP contribution in [0.4, 0.5) is 5.69 Å². The van der Waals surface area contributed by atoms with Crippen LogP contribution in [0.2, 0.25) is 0 Å². The second-order valence-corrected chi connectivity index (χ2v) is 7.14. The molecule has 0 unspecified atom stereocenters. The molecular weight excluding hydrogens is 354 g/mol. The Morgan fingerprint density at radius 1 is 1.11 bits per heavy atom. The van der Waals surface area contributed by atoms with Gasteiger partial charge in [0.25, 0.3) is 0 Å². The molecular formula is C22H23N3O3. The number of benzene rings is 2. The van der Waals surface area contributed by atoms with E-state index < -0.39 is 5.41 Å². The zero-order chi connectivity index (χ0) is 19.6. The number of nitrogens with zero attached hydrogens (tertiary/aromatic N) is 1. The van der Waals surface area contributed by atoms with Gasteiger partial charge in [0.05, 0.1) is 11.1 Å². The molecule has 2 aromatic carbocycles. The fourth-order valence-electron chi connectivity index (χ4n) is 3.87. The summed E-state index contributed by atoms with van der Waals surface area (Å²) in [7, 11) is 0. The zero-order valence-electron chi connectivity index (χ0n) is 15.8. The third kappa shape index (κ3) is 3.27. The van der Waals surface area contributed by atoms with Crippen molar-refractivity contribution in [3.8, 4) is 5.69 Å². The predicted molar refractivity (Wildman–Crippen MR) is 108 cm³/mol. The van der Waals surface area contributed by atoms with Crippen LogP contribution in [0, 0.1) is 6.92 Å². The Labute approximate surface area is 163 Å². The average Bonchev–Trinajstić information content (AvgIpc) is 3.07. The molecule has 1 aromatic heterocycles. The molecule has 0 atom stereocenters. The minimum Gasteiger partial charge on any atom is -0.381 e. The van der Waals surface area contributed by atoms with E-state index in [0.29, 0.717) is 37.4 Å². The molecule has 1 fully saturated rings. The molecule has 0 aliphatic carbocycles. The van der Waals surface area contributed by atoms with Crippen LogP contribution in [0.25, 0.3) is 5.69 Å². The van der Waals surface area contributed by atoms with Crippen molar-refractivity contribution in [1.82, 2.24) is 9.55 Å². The fourth-order valence-corrected chi connectivity index (χ4v) is 3.87. The predicted octanol–water partition coefficient (Wildman–Crippen LogP) is 3.16. The molecule has 6 nitrogen and oxygen atoms in total. The molecule has 0 saturated carbocycles. The summed E-state index contributed by atoms with van der Waals surface area (Å²) in [4.78, 5) is 28.1. The lowest BCUT2D eigenvalue weighted by atomic mass is 9.73. The van der Waals surface area contributed by atoms with E-state index in [1.807, 2.05) is 61.5 Å². The van der Waals surface area contributed by atoms with Crippen molar-refractivity contribution < 1.29 is 9.53 Å². The summed E-state index contributed by atoms with van der Waals surface area (Å²) in [6.07, 6.45) is 2.94. The number of ether oxygens (including phenoxy) is 1. The molecule has 6 heteroatoms. The molecule has 0 spiro atoms. The molecule has 0 radical (unpaired) electrons. The number of carbonyl (C=O) groups is 1. The van der Waals surface area contributed by atoms with Crippen molar-refractivity contribution in [1.29, 1.82) is 0 Å². The highest BCUT2D eigenvalue weighted by Gasteiger charge is 2.41. The van der Waals surface area contributed by atoms with E-state index in [2.05, 4.69) is 10.3 Å². The summed E-state index contributed by atoms with van der Waals surface area (Å²) in [5.74, 6) is -0.0442. The van der Waals surface area contributed by atoms with E-state index in [-0.39, 0.29) is 11.6 Å². The van der Waals surface area contributed by atoms with Crippen LogP contribution in [-0.2, 0) is 14.9 Å². The van der Waals surface area contributed by atoms with E-state index in [1.165, 1.54) is 0 Å². The Balaban J connectivity index is 1.66. The normalized spacial score (nSPS) is 15.9. The molecule has 0 bridgehead atoms. The Morgan fingerprint density at radius 2 is 1.86 bits per heavy atom. The van der Waals surface area contributed by atoms with E-state index in [1.54, 1.807) is 10.8 Å².